The molecule has 0 unspecified atom stereocenters. The minimum Gasteiger partial charge on any atom is -0.500 e. The lowest BCUT2D eigenvalue weighted by Crippen LogP contribution is -2.16. The predicted octanol–water partition coefficient (Wildman–Crippen LogP) is 2.85. The van der Waals surface area contributed by atoms with Gasteiger partial charge in [-0.05, 0) is 0 Å². The lowest BCUT2D eigenvalue weighted by Gasteiger charge is -2.06. The molecule has 0 aliphatic carbocycles. The summed E-state index contributed by atoms with van der Waals surface area (Å²) in [5.74, 6) is -0.213. The smallest absolute Gasteiger partial charge is 0.252 e. The van der Waals surface area contributed by atoms with Crippen molar-refractivity contribution in [2.24, 2.45) is 0 Å². The van der Waals surface area contributed by atoms with Gasteiger partial charge in [0.2, 0.25) is 5.78 Å². The highest BCUT2D eigenvalue weighted by molar-refractivity contribution is 9.09. The number of halogens is 4. The van der Waals surface area contributed by atoms with Gasteiger partial charge in [-0.25, -0.2) is 0 Å². The van der Waals surface area contributed by atoms with E-state index in [0.717, 1.165) is 6.08 Å². The molecular weight excluding hydrogens is 290 g/mol. The van der Waals surface area contributed by atoms with E-state index in [2.05, 4.69) is 15.9 Å². The van der Waals surface area contributed by atoms with E-state index in [1.54, 1.807) is 0 Å². The molecule has 0 heterocycles. The second kappa shape index (κ2) is 5.32. The minimum absolute atomic E-state index is 0.399. The van der Waals surface area contributed by atoms with Gasteiger partial charge >= 0.3 is 0 Å². The summed E-state index contributed by atoms with van der Waals surface area (Å²) in [5.41, 5.74) is 0. The average molecular weight is 296 g/mol. The number of hydrogen-bond donors (Lipinski definition) is 0. The monoisotopic (exact) mass is 294 g/mol. The minimum atomic E-state index is -1.91. The molecule has 0 aromatic carbocycles. The first kappa shape index (κ1) is 12.6. The van der Waals surface area contributed by atoms with Gasteiger partial charge in [-0.3, -0.25) is 4.79 Å². The van der Waals surface area contributed by atoms with Gasteiger partial charge in [0.1, 0.15) is 5.76 Å². The summed E-state index contributed by atoms with van der Waals surface area (Å²) in [5, 5.41) is 0.399. The molecule has 0 saturated carbocycles. The third kappa shape index (κ3) is 4.55. The van der Waals surface area contributed by atoms with Crippen LogP contribution in [0.5, 0.6) is 0 Å². The van der Waals surface area contributed by atoms with E-state index in [9.17, 15) is 4.79 Å². The van der Waals surface area contributed by atoms with Crippen molar-refractivity contribution in [1.29, 1.82) is 0 Å². The van der Waals surface area contributed by atoms with Crippen LogP contribution in [0, 0.1) is 0 Å². The van der Waals surface area contributed by atoms with Gasteiger partial charge in [0.15, 0.2) is 0 Å². The normalized spacial score (nSPS) is 12.9. The summed E-state index contributed by atoms with van der Waals surface area (Å²) in [6.45, 7) is 0. The summed E-state index contributed by atoms with van der Waals surface area (Å²) in [6, 6.07) is 0. The molecule has 0 aromatic heterocycles. The van der Waals surface area contributed by atoms with Crippen LogP contribution in [-0.2, 0) is 9.53 Å². The highest BCUT2D eigenvalue weighted by Crippen LogP contribution is 2.28. The fourth-order valence-corrected chi connectivity index (χ4v) is 0.935. The van der Waals surface area contributed by atoms with Crippen LogP contribution in [0.15, 0.2) is 11.8 Å². The molecule has 6 heteroatoms. The second-order valence-corrected chi connectivity index (χ2v) is 4.65. The first-order valence-electron chi connectivity index (χ1n) is 2.83. The summed E-state index contributed by atoms with van der Waals surface area (Å²) in [7, 11) is 1.43. The van der Waals surface area contributed by atoms with E-state index in [4.69, 9.17) is 39.5 Å². The van der Waals surface area contributed by atoms with Gasteiger partial charge in [0.25, 0.3) is 3.79 Å². The molecule has 0 atom stereocenters. The van der Waals surface area contributed by atoms with Crippen molar-refractivity contribution in [1.82, 2.24) is 0 Å². The predicted molar refractivity (Wildman–Crippen MR) is 54.2 cm³/mol. The van der Waals surface area contributed by atoms with Gasteiger partial charge in [0.05, 0.1) is 12.4 Å². The van der Waals surface area contributed by atoms with Crippen molar-refractivity contribution in [3.05, 3.63) is 11.8 Å². The Morgan fingerprint density at radius 2 is 2.08 bits per heavy atom. The standard InChI is InChI=1S/C6H6BrCl3O2/c1-12-4(3-7)2-5(11)6(8,9)10/h2H,3H2,1H3/b4-2+. The van der Waals surface area contributed by atoms with Crippen molar-refractivity contribution in [3.8, 4) is 0 Å². The fourth-order valence-electron chi connectivity index (χ4n) is 0.380. The maximum absolute atomic E-state index is 11.0. The molecule has 0 amide bonds. The zero-order chi connectivity index (χ0) is 9.78. The number of carbonyl (C=O) groups excluding carboxylic acids is 1. The number of ketones is 1. The van der Waals surface area contributed by atoms with Crippen molar-refractivity contribution in [3.63, 3.8) is 0 Å². The van der Waals surface area contributed by atoms with Crippen LogP contribution in [-0.4, -0.2) is 22.0 Å². The summed E-state index contributed by atoms with van der Waals surface area (Å²) < 4.78 is 2.87. The fraction of sp³-hybridized carbons (Fsp3) is 0.500. The molecular formula is C6H6BrCl3O2. The van der Waals surface area contributed by atoms with Crippen LogP contribution >= 0.6 is 50.7 Å². The average Bonchev–Trinajstić information content (AvgIpc) is 1.97. The van der Waals surface area contributed by atoms with Gasteiger partial charge < -0.3 is 4.74 Å². The number of hydrogen-bond acceptors (Lipinski definition) is 2. The van der Waals surface area contributed by atoms with Crippen LogP contribution in [0.1, 0.15) is 0 Å². The van der Waals surface area contributed by atoms with E-state index < -0.39 is 9.58 Å². The van der Waals surface area contributed by atoms with E-state index in [-0.39, 0.29) is 0 Å². The van der Waals surface area contributed by atoms with Crippen molar-refractivity contribution in [2.45, 2.75) is 3.79 Å². The molecule has 0 fully saturated rings. The molecule has 0 aliphatic heterocycles. The number of alkyl halides is 4. The number of carbonyl (C=O) groups is 1. The van der Waals surface area contributed by atoms with Crippen LogP contribution in [0.3, 0.4) is 0 Å². The largest absolute Gasteiger partial charge is 0.500 e. The molecule has 0 radical (unpaired) electrons. The molecule has 12 heavy (non-hydrogen) atoms. The number of rotatable bonds is 3. The van der Waals surface area contributed by atoms with Gasteiger partial charge in [-0.15, -0.1) is 0 Å². The third-order valence-corrected chi connectivity index (χ3v) is 2.08. The summed E-state index contributed by atoms with van der Waals surface area (Å²) in [6.07, 6.45) is 1.14. The molecule has 0 rings (SSSR count). The Morgan fingerprint density at radius 3 is 2.33 bits per heavy atom. The topological polar surface area (TPSA) is 26.3 Å². The Balaban J connectivity index is 4.42. The lowest BCUT2D eigenvalue weighted by atomic mass is 10.3. The zero-order valence-corrected chi connectivity index (χ0v) is 9.97. The number of ether oxygens (including phenoxy) is 1. The van der Waals surface area contributed by atoms with E-state index in [0.29, 0.717) is 11.1 Å². The van der Waals surface area contributed by atoms with E-state index >= 15 is 0 Å². The van der Waals surface area contributed by atoms with Gasteiger partial charge in [0, 0.05) is 6.08 Å². The van der Waals surface area contributed by atoms with Crippen molar-refractivity contribution >= 4 is 56.5 Å². The van der Waals surface area contributed by atoms with Gasteiger partial charge in [-0.2, -0.15) is 0 Å². The maximum Gasteiger partial charge on any atom is 0.252 e. The number of methoxy groups -OCH3 is 1. The Kier molecular flexibility index (Phi) is 5.57. The first-order chi connectivity index (χ1) is 5.41. The molecule has 2 nitrogen and oxygen atoms in total. The molecule has 0 aromatic rings. The van der Waals surface area contributed by atoms with Crippen LogP contribution in [0.25, 0.3) is 0 Å². The zero-order valence-electron chi connectivity index (χ0n) is 6.11. The van der Waals surface area contributed by atoms with E-state index in [1.807, 2.05) is 0 Å². The van der Waals surface area contributed by atoms with Gasteiger partial charge in [-0.1, -0.05) is 50.7 Å². The molecule has 0 bridgehead atoms. The highest BCUT2D eigenvalue weighted by Gasteiger charge is 2.28. The Labute approximate surface area is 93.9 Å². The van der Waals surface area contributed by atoms with Crippen molar-refractivity contribution < 1.29 is 9.53 Å². The van der Waals surface area contributed by atoms with E-state index in [1.165, 1.54) is 7.11 Å². The van der Waals surface area contributed by atoms with Crippen LogP contribution in [0.2, 0.25) is 0 Å². The summed E-state index contributed by atoms with van der Waals surface area (Å²) >= 11 is 19.0. The molecule has 70 valence electrons. The highest BCUT2D eigenvalue weighted by atomic mass is 79.9. The first-order valence-corrected chi connectivity index (χ1v) is 5.09. The molecule has 0 N–H and O–H groups in total. The van der Waals surface area contributed by atoms with Crippen molar-refractivity contribution in [2.75, 3.05) is 12.4 Å². The molecule has 0 saturated heterocycles. The SMILES string of the molecule is CO/C(=C/C(=O)C(Cl)(Cl)Cl)CBr. The Morgan fingerprint density at radius 1 is 1.58 bits per heavy atom. The maximum atomic E-state index is 11.0. The van der Waals surface area contributed by atoms with Crippen LogP contribution in [0.4, 0.5) is 0 Å². The lowest BCUT2D eigenvalue weighted by molar-refractivity contribution is -0.114. The van der Waals surface area contributed by atoms with Crippen LogP contribution < -0.4 is 0 Å². The Hall–Kier alpha value is 0.560. The molecule has 0 aliphatic rings. The Bertz CT molecular complexity index is 191. The number of allylic oxidation sites excluding steroid dienone is 2. The quantitative estimate of drug-likeness (QED) is 0.455. The summed E-state index contributed by atoms with van der Waals surface area (Å²) in [4.78, 5) is 11.0. The third-order valence-electron chi connectivity index (χ3n) is 0.965. The second-order valence-electron chi connectivity index (χ2n) is 1.81. The molecule has 0 spiro atoms.